The number of likely N-dealkylation sites (tertiary alicyclic amines) is 1. The number of hydrogen-bond donors (Lipinski definition) is 2. The predicted molar refractivity (Wildman–Crippen MR) is 69.2 cm³/mol. The number of rotatable bonds is 2. The van der Waals surface area contributed by atoms with Crippen LogP contribution in [0.2, 0.25) is 0 Å². The van der Waals surface area contributed by atoms with Gasteiger partial charge in [-0.1, -0.05) is 0 Å². The largest absolute Gasteiger partial charge is 0.393 e. The van der Waals surface area contributed by atoms with Gasteiger partial charge in [0.15, 0.2) is 0 Å². The molecule has 18 heavy (non-hydrogen) atoms. The Morgan fingerprint density at radius 3 is 2.61 bits per heavy atom. The first-order chi connectivity index (χ1) is 8.66. The van der Waals surface area contributed by atoms with Crippen LogP contribution in [0.25, 0.3) is 0 Å². The van der Waals surface area contributed by atoms with E-state index in [2.05, 4.69) is 10.3 Å². The summed E-state index contributed by atoms with van der Waals surface area (Å²) in [4.78, 5) is 17.7. The van der Waals surface area contributed by atoms with E-state index in [1.165, 1.54) is 0 Å². The summed E-state index contributed by atoms with van der Waals surface area (Å²) in [7, 11) is 0. The summed E-state index contributed by atoms with van der Waals surface area (Å²) >= 11 is 0. The molecule has 5 heteroatoms. The minimum absolute atomic E-state index is 0.0785. The molecule has 1 aromatic rings. The zero-order chi connectivity index (χ0) is 13.0. The molecule has 1 aromatic heterocycles. The van der Waals surface area contributed by atoms with E-state index in [4.69, 9.17) is 0 Å². The van der Waals surface area contributed by atoms with Crippen LogP contribution in [0, 0.1) is 5.92 Å². The fourth-order valence-corrected chi connectivity index (χ4v) is 2.22. The smallest absolute Gasteiger partial charge is 0.321 e. The van der Waals surface area contributed by atoms with Crippen molar-refractivity contribution in [1.82, 2.24) is 9.88 Å². The van der Waals surface area contributed by atoms with Gasteiger partial charge in [-0.3, -0.25) is 4.98 Å². The van der Waals surface area contributed by atoms with Crippen LogP contribution in [0.5, 0.6) is 0 Å². The molecule has 0 bridgehead atoms. The van der Waals surface area contributed by atoms with Crippen LogP contribution in [0.1, 0.15) is 19.8 Å². The van der Waals surface area contributed by atoms with E-state index < -0.39 is 0 Å². The molecule has 5 nitrogen and oxygen atoms in total. The molecule has 0 spiro atoms. The predicted octanol–water partition coefficient (Wildman–Crippen LogP) is 1.71. The molecule has 1 unspecified atom stereocenters. The number of anilines is 1. The Morgan fingerprint density at radius 1 is 1.44 bits per heavy atom. The van der Waals surface area contributed by atoms with Crippen molar-refractivity contribution < 1.29 is 9.90 Å². The van der Waals surface area contributed by atoms with Crippen molar-refractivity contribution in [3.05, 3.63) is 24.5 Å². The Kier molecular flexibility index (Phi) is 4.15. The van der Waals surface area contributed by atoms with Gasteiger partial charge in [0.1, 0.15) is 0 Å². The van der Waals surface area contributed by atoms with Crippen LogP contribution < -0.4 is 5.32 Å². The summed E-state index contributed by atoms with van der Waals surface area (Å²) in [6, 6.07) is 3.45. The summed E-state index contributed by atoms with van der Waals surface area (Å²) in [5.41, 5.74) is 0.757. The Bertz CT molecular complexity index is 386. The number of amides is 2. The summed E-state index contributed by atoms with van der Waals surface area (Å²) in [6.45, 7) is 3.22. The van der Waals surface area contributed by atoms with Crippen molar-refractivity contribution in [2.45, 2.75) is 25.9 Å². The van der Waals surface area contributed by atoms with Gasteiger partial charge in [0, 0.05) is 31.2 Å². The average molecular weight is 249 g/mol. The first-order valence-electron chi connectivity index (χ1n) is 6.31. The van der Waals surface area contributed by atoms with E-state index in [9.17, 15) is 9.90 Å². The number of piperidine rings is 1. The van der Waals surface area contributed by atoms with Crippen molar-refractivity contribution in [2.75, 3.05) is 18.4 Å². The molecule has 0 radical (unpaired) electrons. The van der Waals surface area contributed by atoms with Crippen LogP contribution in [0.3, 0.4) is 0 Å². The summed E-state index contributed by atoms with van der Waals surface area (Å²) < 4.78 is 0. The van der Waals surface area contributed by atoms with Crippen molar-refractivity contribution in [1.29, 1.82) is 0 Å². The van der Waals surface area contributed by atoms with Gasteiger partial charge < -0.3 is 15.3 Å². The number of nitrogens with zero attached hydrogens (tertiary/aromatic N) is 2. The second kappa shape index (κ2) is 5.82. The average Bonchev–Trinajstić information content (AvgIpc) is 2.40. The molecule has 98 valence electrons. The Morgan fingerprint density at radius 2 is 2.06 bits per heavy atom. The third-order valence-corrected chi connectivity index (χ3v) is 3.44. The van der Waals surface area contributed by atoms with E-state index in [0.29, 0.717) is 19.0 Å². The van der Waals surface area contributed by atoms with E-state index >= 15 is 0 Å². The molecule has 2 N–H and O–H groups in total. The standard InChI is InChI=1S/C13H19N3O2/c1-10(17)11-4-8-16(9-5-11)13(18)15-12-2-6-14-7-3-12/h2-3,6-7,10-11,17H,4-5,8-9H2,1H3,(H,14,15,18). The van der Waals surface area contributed by atoms with Crippen molar-refractivity contribution in [3.63, 3.8) is 0 Å². The van der Waals surface area contributed by atoms with Crippen molar-refractivity contribution >= 4 is 11.7 Å². The number of carbonyl (C=O) groups is 1. The van der Waals surface area contributed by atoms with E-state index in [1.807, 2.05) is 6.92 Å². The maximum absolute atomic E-state index is 12.0. The molecule has 2 heterocycles. The second-order valence-corrected chi connectivity index (χ2v) is 4.73. The van der Waals surface area contributed by atoms with Gasteiger partial charge in [0.05, 0.1) is 6.10 Å². The molecule has 0 saturated carbocycles. The number of nitrogens with one attached hydrogen (secondary N) is 1. The Balaban J connectivity index is 1.85. The number of aliphatic hydroxyl groups is 1. The lowest BCUT2D eigenvalue weighted by atomic mass is 9.92. The lowest BCUT2D eigenvalue weighted by Gasteiger charge is -2.33. The fraction of sp³-hybridized carbons (Fsp3) is 0.538. The minimum Gasteiger partial charge on any atom is -0.393 e. The normalized spacial score (nSPS) is 18.4. The van der Waals surface area contributed by atoms with E-state index in [1.54, 1.807) is 29.4 Å². The number of pyridine rings is 1. The van der Waals surface area contributed by atoms with Gasteiger partial charge in [-0.05, 0) is 37.8 Å². The first-order valence-corrected chi connectivity index (χ1v) is 6.31. The van der Waals surface area contributed by atoms with Gasteiger partial charge in [0.2, 0.25) is 0 Å². The third kappa shape index (κ3) is 3.20. The Labute approximate surface area is 107 Å². The van der Waals surface area contributed by atoms with Gasteiger partial charge in [0.25, 0.3) is 0 Å². The van der Waals surface area contributed by atoms with Crippen LogP contribution in [0.15, 0.2) is 24.5 Å². The topological polar surface area (TPSA) is 65.5 Å². The molecule has 0 aliphatic carbocycles. The molecule has 2 rings (SSSR count). The SMILES string of the molecule is CC(O)C1CCN(C(=O)Nc2ccncc2)CC1. The summed E-state index contributed by atoms with van der Waals surface area (Å²) in [5, 5.41) is 12.4. The molecule has 2 amide bonds. The lowest BCUT2D eigenvalue weighted by molar-refractivity contribution is 0.0820. The van der Waals surface area contributed by atoms with Crippen LogP contribution in [-0.2, 0) is 0 Å². The van der Waals surface area contributed by atoms with Gasteiger partial charge in [-0.2, -0.15) is 0 Å². The number of hydrogen-bond acceptors (Lipinski definition) is 3. The molecular formula is C13H19N3O2. The molecule has 1 fully saturated rings. The number of aromatic nitrogens is 1. The number of aliphatic hydroxyl groups excluding tert-OH is 1. The van der Waals surface area contributed by atoms with E-state index in [0.717, 1.165) is 18.5 Å². The van der Waals surface area contributed by atoms with Crippen molar-refractivity contribution in [2.24, 2.45) is 5.92 Å². The third-order valence-electron chi connectivity index (χ3n) is 3.44. The molecule has 1 aliphatic rings. The molecule has 1 saturated heterocycles. The minimum atomic E-state index is -0.282. The monoisotopic (exact) mass is 249 g/mol. The highest BCUT2D eigenvalue weighted by molar-refractivity contribution is 5.89. The highest BCUT2D eigenvalue weighted by atomic mass is 16.3. The van der Waals surface area contributed by atoms with Crippen LogP contribution in [0.4, 0.5) is 10.5 Å². The molecule has 0 aromatic carbocycles. The fourth-order valence-electron chi connectivity index (χ4n) is 2.22. The lowest BCUT2D eigenvalue weighted by Crippen LogP contribution is -2.42. The van der Waals surface area contributed by atoms with Gasteiger partial charge in [-0.15, -0.1) is 0 Å². The maximum atomic E-state index is 12.0. The van der Waals surface area contributed by atoms with Gasteiger partial charge in [-0.25, -0.2) is 4.79 Å². The number of urea groups is 1. The zero-order valence-electron chi connectivity index (χ0n) is 10.5. The van der Waals surface area contributed by atoms with Gasteiger partial charge >= 0.3 is 6.03 Å². The summed E-state index contributed by atoms with van der Waals surface area (Å²) in [6.07, 6.45) is 4.74. The first kappa shape index (κ1) is 12.8. The number of carbonyl (C=O) groups excluding carboxylic acids is 1. The molecular weight excluding hydrogens is 230 g/mol. The van der Waals surface area contributed by atoms with Crippen molar-refractivity contribution in [3.8, 4) is 0 Å². The zero-order valence-corrected chi connectivity index (χ0v) is 10.5. The quantitative estimate of drug-likeness (QED) is 0.838. The highest BCUT2D eigenvalue weighted by Crippen LogP contribution is 2.21. The molecule has 1 atom stereocenters. The molecule has 1 aliphatic heterocycles. The van der Waals surface area contributed by atoms with Crippen LogP contribution >= 0.6 is 0 Å². The van der Waals surface area contributed by atoms with Crippen LogP contribution in [-0.4, -0.2) is 40.2 Å². The summed E-state index contributed by atoms with van der Waals surface area (Å²) in [5.74, 6) is 0.315. The highest BCUT2D eigenvalue weighted by Gasteiger charge is 2.25. The second-order valence-electron chi connectivity index (χ2n) is 4.73. The Hall–Kier alpha value is -1.62. The maximum Gasteiger partial charge on any atom is 0.321 e. The van der Waals surface area contributed by atoms with E-state index in [-0.39, 0.29) is 12.1 Å².